The minimum Gasteiger partial charge on any atom is -0.465 e. The van der Waals surface area contributed by atoms with Gasteiger partial charge in [0, 0.05) is 19.1 Å². The van der Waals surface area contributed by atoms with Crippen LogP contribution in [0.15, 0.2) is 0 Å². The van der Waals surface area contributed by atoms with Crippen LogP contribution in [0.2, 0.25) is 0 Å². The highest BCUT2D eigenvalue weighted by Crippen LogP contribution is 2.07. The van der Waals surface area contributed by atoms with Gasteiger partial charge in [0.2, 0.25) is 0 Å². The van der Waals surface area contributed by atoms with Gasteiger partial charge in [0.25, 0.3) is 0 Å². The van der Waals surface area contributed by atoms with E-state index in [1.54, 1.807) is 0 Å². The van der Waals surface area contributed by atoms with E-state index in [-0.39, 0.29) is 5.97 Å². The first-order chi connectivity index (χ1) is 7.72. The van der Waals surface area contributed by atoms with Gasteiger partial charge in [0.15, 0.2) is 0 Å². The molecule has 0 aromatic heterocycles. The van der Waals surface area contributed by atoms with E-state index in [1.807, 2.05) is 0 Å². The van der Waals surface area contributed by atoms with Gasteiger partial charge in [-0.3, -0.25) is 9.69 Å². The summed E-state index contributed by atoms with van der Waals surface area (Å²) < 4.78 is 5.16. The fourth-order valence-electron chi connectivity index (χ4n) is 1.88. The summed E-state index contributed by atoms with van der Waals surface area (Å²) in [6.45, 7) is 4.98. The topological polar surface area (TPSA) is 55.6 Å². The minimum atomic E-state index is -0.0911. The molecule has 0 spiro atoms. The summed E-state index contributed by atoms with van der Waals surface area (Å²) >= 11 is 0. The van der Waals surface area contributed by atoms with Crippen molar-refractivity contribution in [2.45, 2.75) is 45.1 Å². The number of unbranched alkanes of at least 4 members (excludes halogenated alkanes) is 2. The summed E-state index contributed by atoms with van der Waals surface area (Å²) in [6.07, 6.45) is 5.24. The summed E-state index contributed by atoms with van der Waals surface area (Å²) in [5.41, 5.74) is 5.80. The smallest absolute Gasteiger partial charge is 0.320 e. The van der Waals surface area contributed by atoms with Crippen molar-refractivity contribution in [3.8, 4) is 0 Å². The fourth-order valence-corrected chi connectivity index (χ4v) is 1.88. The predicted octanol–water partition coefficient (Wildman–Crippen LogP) is 1.14. The van der Waals surface area contributed by atoms with Gasteiger partial charge in [-0.15, -0.1) is 0 Å². The van der Waals surface area contributed by atoms with Crippen LogP contribution in [-0.4, -0.2) is 43.2 Å². The lowest BCUT2D eigenvalue weighted by molar-refractivity contribution is -0.145. The normalized spacial score (nSPS) is 18.6. The molecule has 4 nitrogen and oxygen atoms in total. The number of rotatable bonds is 6. The lowest BCUT2D eigenvalue weighted by Gasteiger charge is -2.29. The van der Waals surface area contributed by atoms with Crippen LogP contribution < -0.4 is 5.73 Å². The highest BCUT2D eigenvalue weighted by Gasteiger charge is 2.18. The first kappa shape index (κ1) is 13.5. The number of esters is 1. The second-order valence-electron chi connectivity index (χ2n) is 4.54. The Morgan fingerprint density at radius 1 is 1.38 bits per heavy atom. The minimum absolute atomic E-state index is 0.0911. The van der Waals surface area contributed by atoms with Gasteiger partial charge in [0.05, 0.1) is 13.2 Å². The Morgan fingerprint density at radius 2 is 2.06 bits per heavy atom. The Labute approximate surface area is 98.1 Å². The van der Waals surface area contributed by atoms with E-state index in [0.29, 0.717) is 19.2 Å². The summed E-state index contributed by atoms with van der Waals surface area (Å²) in [7, 11) is 0. The molecule has 1 rings (SSSR count). The molecule has 0 radical (unpaired) electrons. The third-order valence-corrected chi connectivity index (χ3v) is 3.00. The van der Waals surface area contributed by atoms with E-state index < -0.39 is 0 Å². The highest BCUT2D eigenvalue weighted by molar-refractivity contribution is 5.71. The highest BCUT2D eigenvalue weighted by atomic mass is 16.5. The molecule has 1 fully saturated rings. The Bertz CT molecular complexity index is 201. The summed E-state index contributed by atoms with van der Waals surface area (Å²) in [6, 6.07) is 0.317. The molecular weight excluding hydrogens is 204 g/mol. The predicted molar refractivity (Wildman–Crippen MR) is 64.1 cm³/mol. The van der Waals surface area contributed by atoms with Crippen molar-refractivity contribution >= 4 is 5.97 Å². The van der Waals surface area contributed by atoms with Crippen molar-refractivity contribution in [1.29, 1.82) is 0 Å². The maximum absolute atomic E-state index is 11.5. The maximum Gasteiger partial charge on any atom is 0.320 e. The molecule has 0 aromatic carbocycles. The molecule has 1 aliphatic rings. The molecule has 2 N–H and O–H groups in total. The van der Waals surface area contributed by atoms with Gasteiger partial charge < -0.3 is 10.5 Å². The number of carbonyl (C=O) groups excluding carboxylic acids is 1. The number of ether oxygens (including phenoxy) is 1. The average molecular weight is 228 g/mol. The molecule has 1 saturated heterocycles. The van der Waals surface area contributed by atoms with Crippen LogP contribution in [-0.2, 0) is 9.53 Å². The van der Waals surface area contributed by atoms with Gasteiger partial charge in [-0.05, 0) is 19.3 Å². The second kappa shape index (κ2) is 7.63. The van der Waals surface area contributed by atoms with Gasteiger partial charge in [-0.2, -0.15) is 0 Å². The average Bonchev–Trinajstić information content (AvgIpc) is 2.28. The van der Waals surface area contributed by atoms with Gasteiger partial charge in [-0.1, -0.05) is 19.8 Å². The third kappa shape index (κ3) is 5.47. The van der Waals surface area contributed by atoms with Crippen molar-refractivity contribution in [3.63, 3.8) is 0 Å². The summed E-state index contributed by atoms with van der Waals surface area (Å²) in [5.74, 6) is -0.0911. The molecule has 0 atom stereocenters. The van der Waals surface area contributed by atoms with Crippen LogP contribution in [0.4, 0.5) is 0 Å². The van der Waals surface area contributed by atoms with Crippen molar-refractivity contribution < 1.29 is 9.53 Å². The quantitative estimate of drug-likeness (QED) is 0.547. The first-order valence-corrected chi connectivity index (χ1v) is 6.36. The van der Waals surface area contributed by atoms with Crippen LogP contribution in [0.3, 0.4) is 0 Å². The van der Waals surface area contributed by atoms with Crippen molar-refractivity contribution in [1.82, 2.24) is 4.90 Å². The van der Waals surface area contributed by atoms with Crippen molar-refractivity contribution in [2.24, 2.45) is 5.73 Å². The number of likely N-dealkylation sites (tertiary alicyclic amines) is 1. The zero-order chi connectivity index (χ0) is 11.8. The monoisotopic (exact) mass is 228 g/mol. The fraction of sp³-hybridized carbons (Fsp3) is 0.917. The van der Waals surface area contributed by atoms with Gasteiger partial charge >= 0.3 is 5.97 Å². The zero-order valence-corrected chi connectivity index (χ0v) is 10.3. The summed E-state index contributed by atoms with van der Waals surface area (Å²) in [5, 5.41) is 0. The van der Waals surface area contributed by atoms with Gasteiger partial charge in [0.1, 0.15) is 0 Å². The molecule has 0 aromatic rings. The maximum atomic E-state index is 11.5. The molecule has 16 heavy (non-hydrogen) atoms. The molecule has 0 saturated carbocycles. The van der Waals surface area contributed by atoms with Crippen LogP contribution >= 0.6 is 0 Å². The van der Waals surface area contributed by atoms with Crippen molar-refractivity contribution in [3.05, 3.63) is 0 Å². The molecule has 0 amide bonds. The Hall–Kier alpha value is -0.610. The van der Waals surface area contributed by atoms with E-state index in [2.05, 4.69) is 11.8 Å². The number of hydrogen-bond donors (Lipinski definition) is 1. The molecule has 0 unspecified atom stereocenters. The van der Waals surface area contributed by atoms with Crippen molar-refractivity contribution in [2.75, 3.05) is 26.2 Å². The van der Waals surface area contributed by atoms with E-state index in [4.69, 9.17) is 10.5 Å². The second-order valence-corrected chi connectivity index (χ2v) is 4.54. The van der Waals surface area contributed by atoms with Crippen LogP contribution in [0.1, 0.15) is 39.0 Å². The van der Waals surface area contributed by atoms with E-state index in [0.717, 1.165) is 45.2 Å². The Kier molecular flexibility index (Phi) is 6.42. The van der Waals surface area contributed by atoms with Crippen LogP contribution in [0.25, 0.3) is 0 Å². The van der Waals surface area contributed by atoms with Crippen LogP contribution in [0, 0.1) is 0 Å². The third-order valence-electron chi connectivity index (χ3n) is 3.00. The SMILES string of the molecule is CCCCCOC(=O)CN1CCC(N)CC1. The molecule has 0 bridgehead atoms. The molecule has 4 heteroatoms. The van der Waals surface area contributed by atoms with E-state index >= 15 is 0 Å². The first-order valence-electron chi connectivity index (χ1n) is 6.36. The number of piperidine rings is 1. The van der Waals surface area contributed by atoms with Crippen LogP contribution in [0.5, 0.6) is 0 Å². The molecule has 1 heterocycles. The van der Waals surface area contributed by atoms with Gasteiger partial charge in [-0.25, -0.2) is 0 Å². The van der Waals surface area contributed by atoms with E-state index in [1.165, 1.54) is 0 Å². The van der Waals surface area contributed by atoms with E-state index in [9.17, 15) is 4.79 Å². The molecular formula is C12H24N2O2. The standard InChI is InChI=1S/C12H24N2O2/c1-2-3-4-9-16-12(15)10-14-7-5-11(13)6-8-14/h11H,2-10,13H2,1H3. The molecule has 0 aliphatic carbocycles. The summed E-state index contributed by atoms with van der Waals surface area (Å²) in [4.78, 5) is 13.6. The number of nitrogens with two attached hydrogens (primary N) is 1. The zero-order valence-electron chi connectivity index (χ0n) is 10.3. The Balaban J connectivity index is 2.05. The lowest BCUT2D eigenvalue weighted by Crippen LogP contribution is -2.42. The lowest BCUT2D eigenvalue weighted by atomic mass is 10.1. The largest absolute Gasteiger partial charge is 0.465 e. The molecule has 94 valence electrons. The number of carbonyl (C=O) groups is 1. The number of hydrogen-bond acceptors (Lipinski definition) is 4. The Morgan fingerprint density at radius 3 is 2.69 bits per heavy atom. The number of nitrogens with zero attached hydrogens (tertiary/aromatic N) is 1. The molecule has 1 aliphatic heterocycles.